The quantitative estimate of drug-likeness (QED) is 0.838. The maximum absolute atomic E-state index is 12.3. The molecular formula is C15H24N2O. The molecule has 1 amide bonds. The fraction of sp³-hybridized carbons (Fsp3) is 0.533. The van der Waals surface area contributed by atoms with Gasteiger partial charge >= 0.3 is 0 Å². The van der Waals surface area contributed by atoms with Gasteiger partial charge in [0.1, 0.15) is 0 Å². The monoisotopic (exact) mass is 248 g/mol. The minimum absolute atomic E-state index is 0.0900. The Kier molecular flexibility index (Phi) is 5.69. The van der Waals surface area contributed by atoms with Crippen LogP contribution in [0.4, 0.5) is 5.69 Å². The van der Waals surface area contributed by atoms with Crippen molar-refractivity contribution in [2.24, 2.45) is 5.92 Å². The van der Waals surface area contributed by atoms with Crippen LogP contribution < -0.4 is 5.32 Å². The predicted octanol–water partition coefficient (Wildman–Crippen LogP) is 3.24. The number of carbonyl (C=O) groups is 1. The number of nitrogens with zero attached hydrogens (tertiary/aromatic N) is 1. The van der Waals surface area contributed by atoms with Gasteiger partial charge in [0, 0.05) is 25.8 Å². The Morgan fingerprint density at radius 3 is 2.61 bits per heavy atom. The Morgan fingerprint density at radius 2 is 2.00 bits per heavy atom. The van der Waals surface area contributed by atoms with Crippen molar-refractivity contribution in [2.45, 2.75) is 27.2 Å². The number of amides is 1. The summed E-state index contributed by atoms with van der Waals surface area (Å²) in [6.45, 7) is 8.00. The number of nitrogens with one attached hydrogen (secondary N) is 1. The lowest BCUT2D eigenvalue weighted by molar-refractivity contribution is 0.0790. The van der Waals surface area contributed by atoms with Gasteiger partial charge in [0.15, 0.2) is 0 Å². The molecule has 0 atom stereocenters. The largest absolute Gasteiger partial charge is 0.385 e. The smallest absolute Gasteiger partial charge is 0.255 e. The van der Waals surface area contributed by atoms with E-state index in [9.17, 15) is 4.79 Å². The van der Waals surface area contributed by atoms with E-state index in [1.165, 1.54) is 0 Å². The van der Waals surface area contributed by atoms with Crippen molar-refractivity contribution in [3.05, 3.63) is 29.8 Å². The summed E-state index contributed by atoms with van der Waals surface area (Å²) in [4.78, 5) is 14.1. The molecule has 1 aromatic rings. The fourth-order valence-corrected chi connectivity index (χ4v) is 1.77. The molecule has 0 aliphatic carbocycles. The van der Waals surface area contributed by atoms with Crippen molar-refractivity contribution in [3.63, 3.8) is 0 Å². The molecule has 1 rings (SSSR count). The lowest BCUT2D eigenvalue weighted by Crippen LogP contribution is -2.29. The van der Waals surface area contributed by atoms with E-state index in [0.29, 0.717) is 5.92 Å². The van der Waals surface area contributed by atoms with E-state index in [0.717, 1.165) is 30.8 Å². The maximum atomic E-state index is 12.3. The van der Waals surface area contributed by atoms with Gasteiger partial charge in [0.05, 0.1) is 5.56 Å². The van der Waals surface area contributed by atoms with Crippen LogP contribution in [0.3, 0.4) is 0 Å². The first kappa shape index (κ1) is 14.6. The first-order chi connectivity index (χ1) is 8.56. The third-order valence-corrected chi connectivity index (χ3v) is 2.91. The minimum atomic E-state index is 0.0900. The second kappa shape index (κ2) is 7.04. The third-order valence-electron chi connectivity index (χ3n) is 2.91. The van der Waals surface area contributed by atoms with E-state index in [1.54, 1.807) is 4.90 Å². The molecule has 3 nitrogen and oxygen atoms in total. The number of hydrogen-bond donors (Lipinski definition) is 1. The average Bonchev–Trinajstić information content (AvgIpc) is 2.36. The van der Waals surface area contributed by atoms with Crippen LogP contribution >= 0.6 is 0 Å². The van der Waals surface area contributed by atoms with Crippen molar-refractivity contribution in [3.8, 4) is 0 Å². The lowest BCUT2D eigenvalue weighted by atomic mass is 10.1. The fourth-order valence-electron chi connectivity index (χ4n) is 1.77. The average molecular weight is 248 g/mol. The van der Waals surface area contributed by atoms with Gasteiger partial charge in [-0.2, -0.15) is 0 Å². The van der Waals surface area contributed by atoms with Gasteiger partial charge in [-0.1, -0.05) is 26.0 Å². The van der Waals surface area contributed by atoms with Gasteiger partial charge in [-0.15, -0.1) is 0 Å². The SMILES string of the molecule is CCNc1ccccc1C(=O)N(C)CCC(C)C. The minimum Gasteiger partial charge on any atom is -0.385 e. The van der Waals surface area contributed by atoms with E-state index < -0.39 is 0 Å². The van der Waals surface area contributed by atoms with Crippen LogP contribution in [0.25, 0.3) is 0 Å². The van der Waals surface area contributed by atoms with Crippen LogP contribution in [0.1, 0.15) is 37.6 Å². The summed E-state index contributed by atoms with van der Waals surface area (Å²) in [6.07, 6.45) is 1.03. The van der Waals surface area contributed by atoms with Crippen LogP contribution in [-0.2, 0) is 0 Å². The summed E-state index contributed by atoms with van der Waals surface area (Å²) in [5.74, 6) is 0.705. The van der Waals surface area contributed by atoms with Crippen molar-refractivity contribution >= 4 is 11.6 Å². The van der Waals surface area contributed by atoms with Gasteiger partial charge in [-0.3, -0.25) is 4.79 Å². The number of benzene rings is 1. The second-order valence-corrected chi connectivity index (χ2v) is 4.99. The summed E-state index contributed by atoms with van der Waals surface area (Å²) in [5, 5.41) is 3.23. The Labute approximate surface area is 110 Å². The molecule has 0 aliphatic heterocycles. The van der Waals surface area contributed by atoms with Gasteiger partial charge in [-0.05, 0) is 31.4 Å². The standard InChI is InChI=1S/C15H24N2O/c1-5-16-14-9-7-6-8-13(14)15(18)17(4)11-10-12(2)3/h6-9,12,16H,5,10-11H2,1-4H3. The van der Waals surface area contributed by atoms with Gasteiger partial charge in [-0.25, -0.2) is 0 Å². The summed E-state index contributed by atoms with van der Waals surface area (Å²) in [7, 11) is 1.87. The number of hydrogen-bond acceptors (Lipinski definition) is 2. The first-order valence-corrected chi connectivity index (χ1v) is 6.64. The summed E-state index contributed by atoms with van der Waals surface area (Å²) in [6, 6.07) is 7.69. The van der Waals surface area contributed by atoms with Crippen molar-refractivity contribution in [1.29, 1.82) is 0 Å². The van der Waals surface area contributed by atoms with Crippen LogP contribution in [0.15, 0.2) is 24.3 Å². The Hall–Kier alpha value is -1.51. The molecule has 1 N–H and O–H groups in total. The molecule has 100 valence electrons. The maximum Gasteiger partial charge on any atom is 0.255 e. The normalized spacial score (nSPS) is 10.5. The zero-order valence-electron chi connectivity index (χ0n) is 11.9. The molecule has 0 aliphatic rings. The molecular weight excluding hydrogens is 224 g/mol. The molecule has 1 aromatic carbocycles. The molecule has 0 saturated carbocycles. The molecule has 0 bridgehead atoms. The Balaban J connectivity index is 2.76. The summed E-state index contributed by atoms with van der Waals surface area (Å²) < 4.78 is 0. The van der Waals surface area contributed by atoms with Gasteiger partial charge < -0.3 is 10.2 Å². The zero-order valence-corrected chi connectivity index (χ0v) is 11.9. The predicted molar refractivity (Wildman–Crippen MR) is 77.0 cm³/mol. The lowest BCUT2D eigenvalue weighted by Gasteiger charge is -2.20. The molecule has 0 fully saturated rings. The summed E-state index contributed by atoms with van der Waals surface area (Å²) in [5.41, 5.74) is 1.67. The van der Waals surface area contributed by atoms with Crippen LogP contribution in [0.2, 0.25) is 0 Å². The summed E-state index contributed by atoms with van der Waals surface area (Å²) >= 11 is 0. The van der Waals surface area contributed by atoms with E-state index in [2.05, 4.69) is 19.2 Å². The molecule has 0 aromatic heterocycles. The van der Waals surface area contributed by atoms with E-state index in [-0.39, 0.29) is 5.91 Å². The van der Waals surface area contributed by atoms with Crippen LogP contribution in [0.5, 0.6) is 0 Å². The Morgan fingerprint density at radius 1 is 1.33 bits per heavy atom. The molecule has 3 heteroatoms. The van der Waals surface area contributed by atoms with Crippen LogP contribution in [-0.4, -0.2) is 30.9 Å². The third kappa shape index (κ3) is 4.06. The number of rotatable bonds is 6. The van der Waals surface area contributed by atoms with Crippen LogP contribution in [0, 0.1) is 5.92 Å². The highest BCUT2D eigenvalue weighted by atomic mass is 16.2. The first-order valence-electron chi connectivity index (χ1n) is 6.64. The van der Waals surface area contributed by atoms with E-state index in [1.807, 2.05) is 38.2 Å². The highest BCUT2D eigenvalue weighted by Crippen LogP contribution is 2.17. The Bertz CT molecular complexity index is 388. The second-order valence-electron chi connectivity index (χ2n) is 4.99. The number of anilines is 1. The number of carbonyl (C=O) groups excluding carboxylic acids is 1. The highest BCUT2D eigenvalue weighted by Gasteiger charge is 2.15. The molecule has 0 unspecified atom stereocenters. The topological polar surface area (TPSA) is 32.3 Å². The zero-order chi connectivity index (χ0) is 13.5. The van der Waals surface area contributed by atoms with E-state index >= 15 is 0 Å². The van der Waals surface area contributed by atoms with Gasteiger partial charge in [0.25, 0.3) is 5.91 Å². The molecule has 18 heavy (non-hydrogen) atoms. The molecule has 0 heterocycles. The molecule has 0 spiro atoms. The van der Waals surface area contributed by atoms with E-state index in [4.69, 9.17) is 0 Å². The highest BCUT2D eigenvalue weighted by molar-refractivity contribution is 5.99. The van der Waals surface area contributed by atoms with Gasteiger partial charge in [0.2, 0.25) is 0 Å². The molecule has 0 saturated heterocycles. The van der Waals surface area contributed by atoms with Crippen molar-refractivity contribution in [1.82, 2.24) is 4.90 Å². The number of para-hydroxylation sites is 1. The molecule has 0 radical (unpaired) electrons. The van der Waals surface area contributed by atoms with Crippen molar-refractivity contribution < 1.29 is 4.79 Å². The van der Waals surface area contributed by atoms with Crippen molar-refractivity contribution in [2.75, 3.05) is 25.5 Å².